The molecule has 348 valence electrons. The lowest BCUT2D eigenvalue weighted by atomic mass is 9.43. The topological polar surface area (TPSA) is 19.6 Å². The lowest BCUT2D eigenvalue weighted by molar-refractivity contribution is 0.332. The number of fused-ring (bicyclic) bond motifs is 12. The fraction of sp³-hybridized carbons (Fsp3) is 0.385. The molecule has 13 rings (SSSR count). The summed E-state index contributed by atoms with van der Waals surface area (Å²) in [5.74, 6) is 0. The molecule has 0 spiro atoms. The highest BCUT2D eigenvalue weighted by molar-refractivity contribution is 6.94. The van der Waals surface area contributed by atoms with Gasteiger partial charge in [-0.1, -0.05) is 144 Å². The molecule has 7 aromatic carbocycles. The van der Waals surface area contributed by atoms with Crippen molar-refractivity contribution >= 4 is 78.9 Å². The molecular formula is C65H69BN2O. The Morgan fingerprint density at radius 2 is 0.971 bits per heavy atom. The first kappa shape index (κ1) is 43.3. The highest BCUT2D eigenvalue weighted by Crippen LogP contribution is 2.57. The first-order valence-electron chi connectivity index (χ1n) is 26.2. The summed E-state index contributed by atoms with van der Waals surface area (Å²) in [6.45, 7) is 31.9. The molecule has 0 saturated carbocycles. The van der Waals surface area contributed by atoms with Gasteiger partial charge in [0.05, 0.1) is 5.69 Å². The number of nitrogens with zero attached hydrogens (tertiary/aromatic N) is 2. The van der Waals surface area contributed by atoms with Crippen LogP contribution in [-0.4, -0.2) is 6.85 Å². The van der Waals surface area contributed by atoms with E-state index in [1.165, 1.54) is 143 Å². The van der Waals surface area contributed by atoms with E-state index in [0.29, 0.717) is 0 Å². The quantitative estimate of drug-likeness (QED) is 0.161. The van der Waals surface area contributed by atoms with E-state index in [1.54, 1.807) is 0 Å². The van der Waals surface area contributed by atoms with E-state index in [0.717, 1.165) is 17.6 Å². The molecule has 4 heteroatoms. The molecule has 0 bridgehead atoms. The highest BCUT2D eigenvalue weighted by atomic mass is 16.3. The minimum absolute atomic E-state index is 0.0394. The van der Waals surface area contributed by atoms with Gasteiger partial charge in [-0.25, -0.2) is 0 Å². The molecule has 0 amide bonds. The second kappa shape index (κ2) is 13.8. The molecule has 3 nitrogen and oxygen atoms in total. The van der Waals surface area contributed by atoms with E-state index in [9.17, 15) is 0 Å². The molecule has 5 aliphatic rings. The van der Waals surface area contributed by atoms with Gasteiger partial charge in [-0.15, -0.1) is 0 Å². The van der Waals surface area contributed by atoms with Gasteiger partial charge >= 0.3 is 6.85 Å². The minimum atomic E-state index is -0.125. The van der Waals surface area contributed by atoms with Crippen molar-refractivity contribution in [3.8, 4) is 11.1 Å². The van der Waals surface area contributed by atoms with Crippen molar-refractivity contribution in [2.45, 2.75) is 161 Å². The SMILES string of the molecule is Cc1cc2c(cc1N1c3cc4oc5ccccc5c4cc3B3c4c(cc5ccccc5c41)-c1cc4c(cc1N3c1ccc3c(c1)C(C)(C)CCC3(C)C)C(C)(C)CCC4(C)C)C(C)(C)CCC2(C)C. The van der Waals surface area contributed by atoms with Crippen LogP contribution >= 0.6 is 0 Å². The van der Waals surface area contributed by atoms with Gasteiger partial charge in [0.2, 0.25) is 0 Å². The van der Waals surface area contributed by atoms with Gasteiger partial charge in [0.1, 0.15) is 11.2 Å². The number of furan rings is 1. The predicted octanol–water partition coefficient (Wildman–Crippen LogP) is 16.8. The Hall–Kier alpha value is -5.74. The number of hydrogen-bond acceptors (Lipinski definition) is 3. The summed E-state index contributed by atoms with van der Waals surface area (Å²) < 4.78 is 6.90. The van der Waals surface area contributed by atoms with Gasteiger partial charge in [0.25, 0.3) is 0 Å². The van der Waals surface area contributed by atoms with Crippen LogP contribution in [0.4, 0.5) is 28.4 Å². The Kier molecular flexibility index (Phi) is 8.64. The van der Waals surface area contributed by atoms with Crippen molar-refractivity contribution in [2.24, 2.45) is 0 Å². The summed E-state index contributed by atoms with van der Waals surface area (Å²) in [5.41, 5.74) is 24.3. The molecule has 69 heavy (non-hydrogen) atoms. The molecule has 0 unspecified atom stereocenters. The van der Waals surface area contributed by atoms with Crippen LogP contribution in [0.25, 0.3) is 43.8 Å². The molecule has 0 radical (unpaired) electrons. The van der Waals surface area contributed by atoms with Crippen LogP contribution in [-0.2, 0) is 32.5 Å². The summed E-state index contributed by atoms with van der Waals surface area (Å²) in [7, 11) is 0. The molecular weight excluding hydrogens is 836 g/mol. The second-order valence-corrected chi connectivity index (χ2v) is 26.2. The molecule has 3 aliphatic carbocycles. The van der Waals surface area contributed by atoms with Crippen LogP contribution in [0.1, 0.15) is 161 Å². The molecule has 0 atom stereocenters. The standard InChI is InChI=1S/C65H69BN2O/c1-38-30-47-50(64(10,11)28-26-61(47,4)5)35-53(38)67-55-37-57-44(42-20-16-17-21-56(42)69-57)34-52(55)66-58-45(31-39-18-14-15-19-41(39)59(58)67)43-33-49-51(65(12,13)29-27-63(49,8)9)36-54(43)68(66)40-22-23-46-48(32-40)62(6,7)25-24-60(46,2)3/h14-23,30-37H,24-29H2,1-13H3. The first-order valence-corrected chi connectivity index (χ1v) is 26.2. The normalized spacial score (nSPS) is 20.5. The summed E-state index contributed by atoms with van der Waals surface area (Å²) in [5, 5.41) is 4.89. The largest absolute Gasteiger partial charge is 0.456 e. The average molecular weight is 905 g/mol. The lowest BCUT2D eigenvalue weighted by Gasteiger charge is -2.49. The van der Waals surface area contributed by atoms with E-state index in [1.807, 2.05) is 0 Å². The number of rotatable bonds is 2. The second-order valence-electron chi connectivity index (χ2n) is 26.2. The number of benzene rings is 7. The molecule has 1 aromatic heterocycles. The Morgan fingerprint density at radius 3 is 1.62 bits per heavy atom. The summed E-state index contributed by atoms with van der Waals surface area (Å²) in [6, 6.07) is 43.5. The molecule has 3 heterocycles. The van der Waals surface area contributed by atoms with Crippen LogP contribution < -0.4 is 20.6 Å². The van der Waals surface area contributed by atoms with Crippen LogP contribution in [0.2, 0.25) is 0 Å². The van der Waals surface area contributed by atoms with E-state index in [-0.39, 0.29) is 39.3 Å². The van der Waals surface area contributed by atoms with E-state index in [2.05, 4.69) is 209 Å². The van der Waals surface area contributed by atoms with Crippen LogP contribution in [0.15, 0.2) is 114 Å². The molecule has 0 fully saturated rings. The van der Waals surface area contributed by atoms with Crippen molar-refractivity contribution in [1.29, 1.82) is 0 Å². The maximum atomic E-state index is 6.90. The fourth-order valence-electron chi connectivity index (χ4n) is 14.2. The maximum absolute atomic E-state index is 6.90. The number of para-hydroxylation sites is 1. The third kappa shape index (κ3) is 5.99. The van der Waals surface area contributed by atoms with E-state index in [4.69, 9.17) is 4.42 Å². The Labute approximate surface area is 411 Å². The highest BCUT2D eigenvalue weighted by Gasteiger charge is 2.50. The fourth-order valence-corrected chi connectivity index (χ4v) is 14.2. The Morgan fingerprint density at radius 1 is 0.435 bits per heavy atom. The summed E-state index contributed by atoms with van der Waals surface area (Å²) in [6.07, 6.45) is 7.05. The number of hydrogen-bond donors (Lipinski definition) is 0. The van der Waals surface area contributed by atoms with Gasteiger partial charge in [-0.2, -0.15) is 0 Å². The first-order chi connectivity index (χ1) is 32.6. The third-order valence-corrected chi connectivity index (χ3v) is 18.9. The zero-order valence-corrected chi connectivity index (χ0v) is 43.5. The van der Waals surface area contributed by atoms with E-state index < -0.39 is 0 Å². The average Bonchev–Trinajstić information content (AvgIpc) is 3.67. The molecule has 0 N–H and O–H groups in total. The van der Waals surface area contributed by atoms with Crippen LogP contribution in [0.5, 0.6) is 0 Å². The van der Waals surface area contributed by atoms with Crippen molar-refractivity contribution < 1.29 is 4.42 Å². The predicted molar refractivity (Wildman–Crippen MR) is 296 cm³/mol. The van der Waals surface area contributed by atoms with Crippen LogP contribution in [0.3, 0.4) is 0 Å². The number of aryl methyl sites for hydroxylation is 1. The zero-order valence-electron chi connectivity index (χ0n) is 43.5. The minimum Gasteiger partial charge on any atom is -0.456 e. The maximum Gasteiger partial charge on any atom is 0.333 e. The Bertz CT molecular complexity index is 3560. The van der Waals surface area contributed by atoms with Crippen molar-refractivity contribution in [3.63, 3.8) is 0 Å². The van der Waals surface area contributed by atoms with Crippen molar-refractivity contribution in [1.82, 2.24) is 0 Å². The monoisotopic (exact) mass is 905 g/mol. The molecule has 8 aromatic rings. The van der Waals surface area contributed by atoms with Crippen molar-refractivity contribution in [3.05, 3.63) is 148 Å². The lowest BCUT2D eigenvalue weighted by Crippen LogP contribution is -2.62. The van der Waals surface area contributed by atoms with Crippen LogP contribution in [0, 0.1) is 6.92 Å². The Balaban J connectivity index is 1.21. The molecule has 2 aliphatic heterocycles. The molecule has 0 saturated heterocycles. The summed E-state index contributed by atoms with van der Waals surface area (Å²) in [4.78, 5) is 5.50. The smallest absolute Gasteiger partial charge is 0.333 e. The zero-order chi connectivity index (χ0) is 48.1. The summed E-state index contributed by atoms with van der Waals surface area (Å²) >= 11 is 0. The van der Waals surface area contributed by atoms with Crippen molar-refractivity contribution in [2.75, 3.05) is 9.71 Å². The van der Waals surface area contributed by atoms with Gasteiger partial charge < -0.3 is 14.1 Å². The van der Waals surface area contributed by atoms with Gasteiger partial charge in [0, 0.05) is 50.5 Å². The van der Waals surface area contributed by atoms with Gasteiger partial charge in [0.15, 0.2) is 0 Å². The third-order valence-electron chi connectivity index (χ3n) is 18.9. The van der Waals surface area contributed by atoms with Gasteiger partial charge in [-0.05, 0) is 181 Å². The van der Waals surface area contributed by atoms with Gasteiger partial charge in [-0.3, -0.25) is 0 Å². The van der Waals surface area contributed by atoms with E-state index >= 15 is 0 Å². The number of anilines is 5.